The summed E-state index contributed by atoms with van der Waals surface area (Å²) in [6.45, 7) is 3.97. The predicted octanol–water partition coefficient (Wildman–Crippen LogP) is 0.669. The number of nitrogens with one attached hydrogen (secondary N) is 2. The number of imidazole rings is 2. The smallest absolute Gasteiger partial charge is 0.259 e. The summed E-state index contributed by atoms with van der Waals surface area (Å²) >= 11 is 0. The van der Waals surface area contributed by atoms with Crippen molar-refractivity contribution < 1.29 is 13.2 Å². The van der Waals surface area contributed by atoms with E-state index in [-0.39, 0.29) is 30.4 Å². The first-order valence-corrected chi connectivity index (χ1v) is 9.94. The Balaban J connectivity index is 1.50. The molecule has 0 fully saturated rings. The van der Waals surface area contributed by atoms with E-state index in [1.54, 1.807) is 18.5 Å². The molecule has 1 amide bonds. The lowest BCUT2D eigenvalue weighted by Gasteiger charge is -2.05. The van der Waals surface area contributed by atoms with Crippen LogP contribution in [0.4, 0.5) is 0 Å². The average Bonchev–Trinajstić information content (AvgIpc) is 3.18. The van der Waals surface area contributed by atoms with Gasteiger partial charge in [0.2, 0.25) is 5.91 Å². The summed E-state index contributed by atoms with van der Waals surface area (Å²) in [5.41, 5.74) is 2.61. The molecule has 0 unspecified atom stereocenters. The lowest BCUT2D eigenvalue weighted by atomic mass is 10.4. The molecule has 0 aliphatic heterocycles. The highest BCUT2D eigenvalue weighted by molar-refractivity contribution is 7.89. The largest absolute Gasteiger partial charge is 0.350 e. The maximum Gasteiger partial charge on any atom is 0.259 e. The third-order valence-electron chi connectivity index (χ3n) is 4.22. The highest BCUT2D eigenvalue weighted by Gasteiger charge is 2.18. The van der Waals surface area contributed by atoms with E-state index in [9.17, 15) is 13.2 Å². The van der Waals surface area contributed by atoms with Crippen LogP contribution in [0.2, 0.25) is 0 Å². The van der Waals surface area contributed by atoms with Gasteiger partial charge in [0, 0.05) is 38.1 Å². The van der Waals surface area contributed by atoms with Gasteiger partial charge in [0.05, 0.1) is 12.2 Å². The molecule has 3 aromatic heterocycles. The number of aryl methyl sites for hydroxylation is 3. The monoisotopic (exact) mass is 390 g/mol. The van der Waals surface area contributed by atoms with Crippen LogP contribution in [0.15, 0.2) is 35.6 Å². The molecular formula is C17H22N6O3S. The van der Waals surface area contributed by atoms with E-state index in [1.807, 2.05) is 35.7 Å². The quantitative estimate of drug-likeness (QED) is 0.616. The van der Waals surface area contributed by atoms with Crippen LogP contribution in [0.1, 0.15) is 23.6 Å². The third-order valence-corrected chi connectivity index (χ3v) is 5.55. The number of fused-ring (bicyclic) bond motifs is 1. The van der Waals surface area contributed by atoms with Crippen LogP contribution in [0, 0.1) is 13.8 Å². The average molecular weight is 390 g/mol. The molecule has 9 nitrogen and oxygen atoms in total. The molecule has 0 aromatic carbocycles. The zero-order valence-electron chi connectivity index (χ0n) is 15.4. The molecule has 0 atom stereocenters. The number of hydrogen-bond donors (Lipinski definition) is 2. The Morgan fingerprint density at radius 2 is 1.96 bits per heavy atom. The fraction of sp³-hybridized carbons (Fsp3) is 0.353. The molecule has 2 N–H and O–H groups in total. The second-order valence-corrected chi connectivity index (χ2v) is 8.00. The Kier molecular flexibility index (Phi) is 5.29. The number of hydrogen-bond acceptors (Lipinski definition) is 5. The molecule has 0 saturated heterocycles. The topological polar surface area (TPSA) is 110 Å². The van der Waals surface area contributed by atoms with E-state index < -0.39 is 10.0 Å². The molecular weight excluding hydrogens is 368 g/mol. The zero-order chi connectivity index (χ0) is 19.6. The van der Waals surface area contributed by atoms with Gasteiger partial charge in [-0.1, -0.05) is 6.07 Å². The van der Waals surface area contributed by atoms with Crippen molar-refractivity contribution in [3.8, 4) is 0 Å². The molecule has 3 aromatic rings. The van der Waals surface area contributed by atoms with Crippen LogP contribution >= 0.6 is 0 Å². The van der Waals surface area contributed by atoms with E-state index in [2.05, 4.69) is 20.0 Å². The lowest BCUT2D eigenvalue weighted by Crippen LogP contribution is -2.30. The van der Waals surface area contributed by atoms with Gasteiger partial charge in [0.15, 0.2) is 5.03 Å². The van der Waals surface area contributed by atoms with Gasteiger partial charge in [-0.05, 0) is 26.0 Å². The number of amides is 1. The number of aromatic nitrogens is 4. The Labute approximate surface area is 157 Å². The molecule has 0 aliphatic rings. The highest BCUT2D eigenvalue weighted by Crippen LogP contribution is 2.09. The van der Waals surface area contributed by atoms with Crippen molar-refractivity contribution in [1.29, 1.82) is 0 Å². The molecule has 0 radical (unpaired) electrons. The first kappa shape index (κ1) is 19.1. The van der Waals surface area contributed by atoms with Crippen LogP contribution in [-0.2, 0) is 28.4 Å². The summed E-state index contributed by atoms with van der Waals surface area (Å²) in [4.78, 5) is 20.4. The Morgan fingerprint density at radius 3 is 2.63 bits per heavy atom. The van der Waals surface area contributed by atoms with E-state index >= 15 is 0 Å². The van der Waals surface area contributed by atoms with Crippen molar-refractivity contribution in [1.82, 2.24) is 29.0 Å². The maximum absolute atomic E-state index is 12.2. The Bertz CT molecular complexity index is 1060. The summed E-state index contributed by atoms with van der Waals surface area (Å²) in [5, 5.41) is 2.70. The van der Waals surface area contributed by atoms with Crippen molar-refractivity contribution >= 4 is 21.6 Å². The third kappa shape index (κ3) is 4.34. The standard InChI is InChI=1S/C17H22N6O3S/c1-12-5-4-6-15-21-14(10-23(12)15)9-18-16(24)7-8-19-27(25,26)17-11-22(3)13(2)20-17/h4-6,10-11,19H,7-9H2,1-3H3,(H,18,24). The van der Waals surface area contributed by atoms with Crippen molar-refractivity contribution in [2.24, 2.45) is 7.05 Å². The molecule has 0 spiro atoms. The molecule has 144 valence electrons. The highest BCUT2D eigenvalue weighted by atomic mass is 32.2. The fourth-order valence-corrected chi connectivity index (χ4v) is 3.66. The minimum absolute atomic E-state index is 0.00589. The van der Waals surface area contributed by atoms with Gasteiger partial charge in [-0.25, -0.2) is 23.1 Å². The van der Waals surface area contributed by atoms with E-state index in [0.717, 1.165) is 17.0 Å². The second kappa shape index (κ2) is 7.49. The number of rotatable bonds is 7. The Morgan fingerprint density at radius 1 is 1.19 bits per heavy atom. The number of carbonyl (C=O) groups excluding carboxylic acids is 1. The van der Waals surface area contributed by atoms with E-state index in [1.165, 1.54) is 6.20 Å². The predicted molar refractivity (Wildman–Crippen MR) is 99.5 cm³/mol. The van der Waals surface area contributed by atoms with Gasteiger partial charge in [0.25, 0.3) is 10.0 Å². The summed E-state index contributed by atoms with van der Waals surface area (Å²) in [7, 11) is -2.01. The number of carbonyl (C=O) groups is 1. The van der Waals surface area contributed by atoms with E-state index in [0.29, 0.717) is 5.82 Å². The van der Waals surface area contributed by atoms with Gasteiger partial charge in [-0.3, -0.25) is 4.79 Å². The maximum atomic E-state index is 12.2. The van der Waals surface area contributed by atoms with Crippen molar-refractivity contribution in [2.45, 2.75) is 31.8 Å². The number of nitrogens with zero attached hydrogens (tertiary/aromatic N) is 4. The molecule has 0 aliphatic carbocycles. The molecule has 0 saturated carbocycles. The van der Waals surface area contributed by atoms with Gasteiger partial charge in [-0.15, -0.1) is 0 Å². The van der Waals surface area contributed by atoms with Gasteiger partial charge in [0.1, 0.15) is 11.5 Å². The summed E-state index contributed by atoms with van der Waals surface area (Å²) < 4.78 is 30.3. The lowest BCUT2D eigenvalue weighted by molar-refractivity contribution is -0.121. The molecule has 3 heterocycles. The van der Waals surface area contributed by atoms with Crippen LogP contribution in [0.3, 0.4) is 0 Å². The normalized spacial score (nSPS) is 11.8. The van der Waals surface area contributed by atoms with Crippen LogP contribution < -0.4 is 10.0 Å². The van der Waals surface area contributed by atoms with Crippen molar-refractivity contribution in [2.75, 3.05) is 6.54 Å². The molecule has 0 bridgehead atoms. The Hall–Kier alpha value is -2.72. The SMILES string of the molecule is Cc1nc(S(=O)(=O)NCCC(=O)NCc2cn3c(C)cccc3n2)cn1C. The number of pyridine rings is 1. The minimum Gasteiger partial charge on any atom is -0.350 e. The fourth-order valence-electron chi connectivity index (χ4n) is 2.59. The van der Waals surface area contributed by atoms with Crippen LogP contribution in [0.5, 0.6) is 0 Å². The van der Waals surface area contributed by atoms with Gasteiger partial charge < -0.3 is 14.3 Å². The summed E-state index contributed by atoms with van der Waals surface area (Å²) in [6.07, 6.45) is 3.33. The van der Waals surface area contributed by atoms with Gasteiger partial charge >= 0.3 is 0 Å². The molecule has 3 rings (SSSR count). The van der Waals surface area contributed by atoms with Crippen LogP contribution in [-0.4, -0.2) is 39.8 Å². The summed E-state index contributed by atoms with van der Waals surface area (Å²) in [5.74, 6) is 0.333. The first-order valence-electron chi connectivity index (χ1n) is 8.46. The van der Waals surface area contributed by atoms with E-state index in [4.69, 9.17) is 0 Å². The van der Waals surface area contributed by atoms with Crippen LogP contribution in [0.25, 0.3) is 5.65 Å². The number of sulfonamides is 1. The van der Waals surface area contributed by atoms with Crippen molar-refractivity contribution in [3.63, 3.8) is 0 Å². The minimum atomic E-state index is -3.72. The molecule has 10 heteroatoms. The summed E-state index contributed by atoms with van der Waals surface area (Å²) in [6, 6.07) is 5.80. The van der Waals surface area contributed by atoms with Gasteiger partial charge in [-0.2, -0.15) is 0 Å². The zero-order valence-corrected chi connectivity index (χ0v) is 16.2. The first-order chi connectivity index (χ1) is 12.8. The second-order valence-electron chi connectivity index (χ2n) is 6.29. The molecule has 27 heavy (non-hydrogen) atoms. The van der Waals surface area contributed by atoms with Crippen molar-refractivity contribution in [3.05, 3.63) is 47.8 Å².